The summed E-state index contributed by atoms with van der Waals surface area (Å²) in [5.74, 6) is 0.375. The molecule has 3 heteroatoms. The summed E-state index contributed by atoms with van der Waals surface area (Å²) in [5, 5.41) is 26.3. The Morgan fingerprint density at radius 2 is 1.07 bits per heavy atom. The van der Waals surface area contributed by atoms with Gasteiger partial charge in [0.1, 0.15) is 6.04 Å². The number of hydrogen-bond donors (Lipinski definition) is 1. The standard InChI is InChI=1S/C64H46N3/c1-2-46-62(40-17-5-3-6-18-40)65-64(66-63(46)41-19-7-4-8-20-41)55-35-34-49(51-24-13-14-25-52(51)55)44-30-32-54-56(37-44)53-26-15-27-57-60(53)61-58(38-42-21-10-12-23-50(42)59(54)61)67(57)45-31-33-48-43(36-45)29-28-39-16-9-11-22-47(39)48/h3-38,46,62-65H,2H2,1H3/q-1/p+1. The Bertz CT molecular complexity index is 4010. The highest BCUT2D eigenvalue weighted by molar-refractivity contribution is 6.39. The molecule has 0 aliphatic carbocycles. The molecule has 3 nitrogen and oxygen atoms in total. The van der Waals surface area contributed by atoms with Gasteiger partial charge in [-0.3, -0.25) is 0 Å². The molecule has 2 N–H and O–H groups in total. The number of fused-ring (bicyclic) bond motifs is 9. The second-order valence-electron chi connectivity index (χ2n) is 18.8. The zero-order valence-electron chi connectivity index (χ0n) is 37.3. The highest BCUT2D eigenvalue weighted by Gasteiger charge is 2.35. The summed E-state index contributed by atoms with van der Waals surface area (Å²) in [7, 11) is 0. The fraction of sp³-hybridized carbons (Fsp3) is 0.0938. The Morgan fingerprint density at radius 3 is 1.90 bits per heavy atom. The van der Waals surface area contributed by atoms with Gasteiger partial charge in [-0.05, 0) is 113 Å². The molecule has 318 valence electrons. The van der Waals surface area contributed by atoms with E-state index in [0.717, 1.165) is 6.42 Å². The van der Waals surface area contributed by atoms with Gasteiger partial charge in [-0.15, -0.1) is 0 Å². The monoisotopic (exact) mass is 857 g/mol. The highest BCUT2D eigenvalue weighted by Crippen LogP contribution is 2.49. The average Bonchev–Trinajstić information content (AvgIpc) is 3.73. The zero-order valence-corrected chi connectivity index (χ0v) is 37.3. The lowest BCUT2D eigenvalue weighted by Crippen LogP contribution is -2.89. The van der Waals surface area contributed by atoms with Gasteiger partial charge in [-0.1, -0.05) is 207 Å². The van der Waals surface area contributed by atoms with Crippen LogP contribution in [0.2, 0.25) is 0 Å². The van der Waals surface area contributed by atoms with Crippen LogP contribution in [-0.2, 0) is 0 Å². The molecule has 1 aromatic heterocycles. The van der Waals surface area contributed by atoms with E-state index >= 15 is 0 Å². The Morgan fingerprint density at radius 1 is 0.433 bits per heavy atom. The predicted molar refractivity (Wildman–Crippen MR) is 283 cm³/mol. The molecule has 14 rings (SSSR count). The van der Waals surface area contributed by atoms with Crippen molar-refractivity contribution in [1.82, 2.24) is 4.57 Å². The molecule has 0 bridgehead atoms. The summed E-state index contributed by atoms with van der Waals surface area (Å²) in [5.41, 5.74) is 10.0. The fourth-order valence-electron chi connectivity index (χ4n) is 12.3. The lowest BCUT2D eigenvalue weighted by molar-refractivity contribution is -0.741. The van der Waals surface area contributed by atoms with Crippen molar-refractivity contribution in [3.8, 4) is 16.8 Å². The number of benzene rings is 12. The first-order chi connectivity index (χ1) is 33.2. The molecule has 4 unspecified atom stereocenters. The summed E-state index contributed by atoms with van der Waals surface area (Å²) >= 11 is 0. The van der Waals surface area contributed by atoms with Crippen LogP contribution in [0.1, 0.15) is 48.3 Å². The van der Waals surface area contributed by atoms with Crippen molar-refractivity contribution < 1.29 is 5.32 Å². The lowest BCUT2D eigenvalue weighted by atomic mass is 9.79. The maximum absolute atomic E-state index is 5.74. The normalized spacial score (nSPS) is 17.9. The first kappa shape index (κ1) is 38.4. The van der Waals surface area contributed by atoms with Crippen molar-refractivity contribution in [2.24, 2.45) is 5.92 Å². The average molecular weight is 858 g/mol. The minimum atomic E-state index is -0.0588. The second kappa shape index (κ2) is 15.1. The van der Waals surface area contributed by atoms with E-state index in [1.165, 1.54) is 120 Å². The first-order valence-electron chi connectivity index (χ1n) is 23.9. The summed E-state index contributed by atoms with van der Waals surface area (Å²) in [4.78, 5) is 0. The van der Waals surface area contributed by atoms with Crippen molar-refractivity contribution in [2.75, 3.05) is 0 Å². The zero-order chi connectivity index (χ0) is 44.2. The number of nitrogens with zero attached hydrogens (tertiary/aromatic N) is 2. The van der Waals surface area contributed by atoms with Crippen LogP contribution in [0.3, 0.4) is 0 Å². The molecule has 12 aromatic carbocycles. The number of rotatable bonds is 6. The van der Waals surface area contributed by atoms with Gasteiger partial charge in [0.05, 0.1) is 11.0 Å². The smallest absolute Gasteiger partial charge is 0.112 e. The molecule has 13 aromatic rings. The van der Waals surface area contributed by atoms with Crippen LogP contribution in [0.15, 0.2) is 218 Å². The van der Waals surface area contributed by atoms with Gasteiger partial charge in [0.25, 0.3) is 0 Å². The Labute approximate surface area is 389 Å². The topological polar surface area (TPSA) is 35.6 Å². The third-order valence-electron chi connectivity index (χ3n) is 15.3. The minimum Gasteiger partial charge on any atom is -0.599 e. The fourth-order valence-corrected chi connectivity index (χ4v) is 12.3. The molecule has 0 saturated carbocycles. The molecule has 67 heavy (non-hydrogen) atoms. The Hall–Kier alpha value is -7.82. The molecule has 0 amide bonds. The summed E-state index contributed by atoms with van der Waals surface area (Å²) in [6.45, 7) is 2.33. The third kappa shape index (κ3) is 5.85. The molecule has 4 atom stereocenters. The highest BCUT2D eigenvalue weighted by atomic mass is 15.2. The first-order valence-corrected chi connectivity index (χ1v) is 23.9. The van der Waals surface area contributed by atoms with E-state index in [9.17, 15) is 0 Å². The molecular formula is C64H47N3. The molecule has 0 spiro atoms. The van der Waals surface area contributed by atoms with E-state index in [4.69, 9.17) is 5.32 Å². The summed E-state index contributed by atoms with van der Waals surface area (Å²) in [6.07, 6.45) is 0.992. The van der Waals surface area contributed by atoms with Crippen molar-refractivity contribution in [1.29, 1.82) is 0 Å². The Balaban J connectivity index is 0.954. The van der Waals surface area contributed by atoms with Crippen molar-refractivity contribution in [3.05, 3.63) is 240 Å². The van der Waals surface area contributed by atoms with Crippen molar-refractivity contribution in [3.63, 3.8) is 0 Å². The van der Waals surface area contributed by atoms with Crippen LogP contribution in [0.4, 0.5) is 0 Å². The quantitative estimate of drug-likeness (QED) is 0.162. The molecule has 0 radical (unpaired) electrons. The largest absolute Gasteiger partial charge is 0.599 e. The van der Waals surface area contributed by atoms with E-state index < -0.39 is 0 Å². The number of quaternary nitrogens is 1. The predicted octanol–water partition coefficient (Wildman–Crippen LogP) is 16.3. The van der Waals surface area contributed by atoms with Gasteiger partial charge < -0.3 is 15.2 Å². The van der Waals surface area contributed by atoms with Gasteiger partial charge in [-0.2, -0.15) is 0 Å². The number of hydrogen-bond acceptors (Lipinski definition) is 0. The van der Waals surface area contributed by atoms with E-state index in [0.29, 0.717) is 5.92 Å². The van der Waals surface area contributed by atoms with E-state index in [1.807, 2.05) is 0 Å². The van der Waals surface area contributed by atoms with Crippen LogP contribution in [0.25, 0.3) is 109 Å². The Kier molecular flexibility index (Phi) is 8.67. The lowest BCUT2D eigenvalue weighted by Gasteiger charge is -2.51. The van der Waals surface area contributed by atoms with Crippen LogP contribution >= 0.6 is 0 Å². The van der Waals surface area contributed by atoms with E-state index in [2.05, 4.69) is 235 Å². The molecule has 1 aliphatic rings. The molecule has 2 heterocycles. The maximum Gasteiger partial charge on any atom is 0.112 e. The van der Waals surface area contributed by atoms with Gasteiger partial charge in [0.15, 0.2) is 0 Å². The number of nitrogens with two attached hydrogens (primary N) is 1. The second-order valence-corrected chi connectivity index (χ2v) is 18.8. The summed E-state index contributed by atoms with van der Waals surface area (Å²) < 4.78 is 2.51. The molecule has 1 fully saturated rings. The minimum absolute atomic E-state index is 0.0588. The molecule has 1 aliphatic heterocycles. The molecular weight excluding hydrogens is 811 g/mol. The van der Waals surface area contributed by atoms with E-state index in [-0.39, 0.29) is 18.2 Å². The van der Waals surface area contributed by atoms with Crippen molar-refractivity contribution in [2.45, 2.75) is 31.6 Å². The number of aromatic nitrogens is 1. The van der Waals surface area contributed by atoms with Crippen LogP contribution < -0.4 is 5.32 Å². The maximum atomic E-state index is 5.74. The SMILES string of the molecule is CCC1C(c2ccccc2)[N-]C(c2ccc(-c3ccc4c(c3)c3cccc5c3c3c4c4ccccc4cc3n5-c3ccc4c(ccc5ccccc54)c3)c3ccccc23)[NH2+]C1c1ccccc1. The van der Waals surface area contributed by atoms with Crippen LogP contribution in [-0.4, -0.2) is 4.57 Å². The summed E-state index contributed by atoms with van der Waals surface area (Å²) in [6, 6.07) is 82.0. The van der Waals surface area contributed by atoms with Gasteiger partial charge in [0, 0.05) is 39.5 Å². The van der Waals surface area contributed by atoms with Gasteiger partial charge in [0.2, 0.25) is 0 Å². The van der Waals surface area contributed by atoms with Gasteiger partial charge >= 0.3 is 0 Å². The van der Waals surface area contributed by atoms with E-state index in [1.54, 1.807) is 0 Å². The van der Waals surface area contributed by atoms with Crippen LogP contribution in [0, 0.1) is 5.92 Å². The van der Waals surface area contributed by atoms with Gasteiger partial charge in [-0.25, -0.2) is 0 Å². The van der Waals surface area contributed by atoms with Crippen LogP contribution in [0.5, 0.6) is 0 Å². The third-order valence-corrected chi connectivity index (χ3v) is 15.3. The van der Waals surface area contributed by atoms with Crippen molar-refractivity contribution >= 4 is 86.4 Å². The molecule has 1 saturated heterocycles.